The summed E-state index contributed by atoms with van der Waals surface area (Å²) in [5.41, 5.74) is 8.69. The van der Waals surface area contributed by atoms with E-state index < -0.39 is 18.2 Å². The van der Waals surface area contributed by atoms with Crippen molar-refractivity contribution in [3.63, 3.8) is 0 Å². The normalized spacial score (nSPS) is 13.4. The van der Waals surface area contributed by atoms with E-state index in [2.05, 4.69) is 10.0 Å². The summed E-state index contributed by atoms with van der Waals surface area (Å²) in [5.74, 6) is -1.07. The second kappa shape index (κ2) is 6.96. The SMILES string of the molecule is [N-]=[N+]=NCC(O)C(O)c1cc(Cl)ccc1CC(=O)O. The highest BCUT2D eigenvalue weighted by molar-refractivity contribution is 6.30. The predicted octanol–water partition coefficient (Wildman–Crippen LogP) is 1.67. The number of hydrogen-bond acceptors (Lipinski definition) is 4. The fourth-order valence-corrected chi connectivity index (χ4v) is 1.77. The van der Waals surface area contributed by atoms with Gasteiger partial charge in [0.05, 0.1) is 19.1 Å². The van der Waals surface area contributed by atoms with Crippen molar-refractivity contribution in [2.75, 3.05) is 6.54 Å². The Morgan fingerprint density at radius 1 is 1.47 bits per heavy atom. The third-order valence-corrected chi connectivity index (χ3v) is 2.70. The maximum absolute atomic E-state index is 10.7. The summed E-state index contributed by atoms with van der Waals surface area (Å²) in [4.78, 5) is 13.2. The number of aliphatic hydroxyl groups is 2. The maximum Gasteiger partial charge on any atom is 0.307 e. The quantitative estimate of drug-likeness (QED) is 0.417. The van der Waals surface area contributed by atoms with Crippen LogP contribution < -0.4 is 0 Å². The second-order valence-corrected chi connectivity index (χ2v) is 4.28. The molecule has 1 rings (SSSR count). The van der Waals surface area contributed by atoms with Crippen molar-refractivity contribution in [1.82, 2.24) is 0 Å². The van der Waals surface area contributed by atoms with Gasteiger partial charge in [-0.3, -0.25) is 4.79 Å². The lowest BCUT2D eigenvalue weighted by atomic mass is 9.96. The first kappa shape index (κ1) is 15.3. The lowest BCUT2D eigenvalue weighted by molar-refractivity contribution is -0.136. The molecule has 1 aromatic rings. The molecule has 0 spiro atoms. The van der Waals surface area contributed by atoms with Crippen molar-refractivity contribution in [3.05, 3.63) is 44.8 Å². The smallest absolute Gasteiger partial charge is 0.307 e. The zero-order valence-electron chi connectivity index (χ0n) is 9.77. The number of rotatable bonds is 6. The molecule has 0 fully saturated rings. The van der Waals surface area contributed by atoms with E-state index in [0.29, 0.717) is 10.6 Å². The van der Waals surface area contributed by atoms with Gasteiger partial charge in [0.2, 0.25) is 0 Å². The fraction of sp³-hybridized carbons (Fsp3) is 0.364. The van der Waals surface area contributed by atoms with E-state index in [-0.39, 0.29) is 18.5 Å². The van der Waals surface area contributed by atoms with E-state index in [4.69, 9.17) is 22.2 Å². The van der Waals surface area contributed by atoms with Crippen LogP contribution in [0.5, 0.6) is 0 Å². The molecule has 0 amide bonds. The van der Waals surface area contributed by atoms with Gasteiger partial charge in [0.25, 0.3) is 0 Å². The van der Waals surface area contributed by atoms with Crippen molar-refractivity contribution in [3.8, 4) is 0 Å². The number of aliphatic hydroxyl groups excluding tert-OH is 2. The zero-order valence-corrected chi connectivity index (χ0v) is 10.5. The Hall–Kier alpha value is -1.79. The first-order chi connectivity index (χ1) is 8.95. The number of carbonyl (C=O) groups is 1. The Balaban J connectivity index is 3.05. The van der Waals surface area contributed by atoms with Crippen LogP contribution in [0.3, 0.4) is 0 Å². The number of aliphatic carboxylic acids is 1. The van der Waals surface area contributed by atoms with Gasteiger partial charge in [0.15, 0.2) is 0 Å². The van der Waals surface area contributed by atoms with Gasteiger partial charge in [-0.15, -0.1) is 0 Å². The summed E-state index contributed by atoms with van der Waals surface area (Å²) in [6, 6.07) is 4.34. The van der Waals surface area contributed by atoms with Crippen molar-refractivity contribution in [1.29, 1.82) is 0 Å². The van der Waals surface area contributed by atoms with Crippen LogP contribution in [0.25, 0.3) is 10.4 Å². The van der Waals surface area contributed by atoms with E-state index >= 15 is 0 Å². The van der Waals surface area contributed by atoms with Crippen molar-refractivity contribution >= 4 is 17.6 Å². The first-order valence-corrected chi connectivity index (χ1v) is 5.70. The molecular weight excluding hydrogens is 274 g/mol. The molecule has 0 saturated heterocycles. The predicted molar refractivity (Wildman–Crippen MR) is 67.8 cm³/mol. The molecule has 0 heterocycles. The largest absolute Gasteiger partial charge is 0.481 e. The average molecular weight is 286 g/mol. The molecule has 0 aliphatic carbocycles. The lowest BCUT2D eigenvalue weighted by Gasteiger charge is -2.19. The molecule has 1 aromatic carbocycles. The van der Waals surface area contributed by atoms with Crippen LogP contribution >= 0.6 is 11.6 Å². The summed E-state index contributed by atoms with van der Waals surface area (Å²) in [5, 5.41) is 31.8. The average Bonchev–Trinajstić information content (AvgIpc) is 2.36. The summed E-state index contributed by atoms with van der Waals surface area (Å²) < 4.78 is 0. The number of halogens is 1. The summed E-state index contributed by atoms with van der Waals surface area (Å²) >= 11 is 5.78. The van der Waals surface area contributed by atoms with Gasteiger partial charge in [-0.25, -0.2) is 0 Å². The topological polar surface area (TPSA) is 127 Å². The highest BCUT2D eigenvalue weighted by Gasteiger charge is 2.21. The fourth-order valence-electron chi connectivity index (χ4n) is 1.59. The molecule has 3 N–H and O–H groups in total. The minimum atomic E-state index is -1.38. The summed E-state index contributed by atoms with van der Waals surface area (Å²) in [7, 11) is 0. The monoisotopic (exact) mass is 285 g/mol. The number of nitrogens with zero attached hydrogens (tertiary/aromatic N) is 3. The van der Waals surface area contributed by atoms with Gasteiger partial charge in [-0.2, -0.15) is 0 Å². The van der Waals surface area contributed by atoms with Crippen LogP contribution in [0.4, 0.5) is 0 Å². The first-order valence-electron chi connectivity index (χ1n) is 5.32. The number of carboxylic acids is 1. The van der Waals surface area contributed by atoms with Gasteiger partial charge in [-0.1, -0.05) is 22.8 Å². The van der Waals surface area contributed by atoms with Crippen LogP contribution in [0.15, 0.2) is 23.3 Å². The van der Waals surface area contributed by atoms with E-state index in [9.17, 15) is 15.0 Å². The second-order valence-electron chi connectivity index (χ2n) is 3.84. The molecule has 0 aliphatic rings. The number of azide groups is 1. The molecule has 0 radical (unpaired) electrons. The Morgan fingerprint density at radius 3 is 2.74 bits per heavy atom. The number of benzene rings is 1. The number of carboxylic acid groups (broad SMARTS) is 1. The van der Waals surface area contributed by atoms with Crippen LogP contribution in [0.1, 0.15) is 17.2 Å². The molecule has 102 valence electrons. The van der Waals surface area contributed by atoms with Crippen LogP contribution in [0.2, 0.25) is 5.02 Å². The van der Waals surface area contributed by atoms with Gasteiger partial charge in [0, 0.05) is 9.93 Å². The summed E-state index contributed by atoms with van der Waals surface area (Å²) in [6.07, 6.45) is -3.02. The zero-order chi connectivity index (χ0) is 14.4. The molecule has 2 unspecified atom stereocenters. The Bertz CT molecular complexity index is 517. The molecule has 0 aromatic heterocycles. The van der Waals surface area contributed by atoms with Gasteiger partial charge < -0.3 is 15.3 Å². The molecule has 2 atom stereocenters. The molecule has 7 nitrogen and oxygen atoms in total. The van der Waals surface area contributed by atoms with Crippen LogP contribution in [-0.2, 0) is 11.2 Å². The Morgan fingerprint density at radius 2 is 2.16 bits per heavy atom. The lowest BCUT2D eigenvalue weighted by Crippen LogP contribution is -2.22. The third kappa shape index (κ3) is 4.42. The third-order valence-electron chi connectivity index (χ3n) is 2.46. The maximum atomic E-state index is 10.7. The summed E-state index contributed by atoms with van der Waals surface area (Å²) in [6.45, 7) is -0.323. The highest BCUT2D eigenvalue weighted by Crippen LogP contribution is 2.25. The van der Waals surface area contributed by atoms with Crippen LogP contribution in [-0.4, -0.2) is 33.9 Å². The molecule has 0 bridgehead atoms. The van der Waals surface area contributed by atoms with E-state index in [1.807, 2.05) is 0 Å². The minimum Gasteiger partial charge on any atom is -0.481 e. The van der Waals surface area contributed by atoms with Gasteiger partial charge in [0.1, 0.15) is 6.10 Å². The Labute approximate surface area is 113 Å². The molecule has 0 saturated carbocycles. The molecule has 8 heteroatoms. The van der Waals surface area contributed by atoms with Crippen molar-refractivity contribution < 1.29 is 20.1 Å². The van der Waals surface area contributed by atoms with Crippen molar-refractivity contribution in [2.24, 2.45) is 5.11 Å². The molecular formula is C11H12ClN3O4. The van der Waals surface area contributed by atoms with Gasteiger partial charge >= 0.3 is 5.97 Å². The molecule has 0 aliphatic heterocycles. The van der Waals surface area contributed by atoms with E-state index in [0.717, 1.165) is 0 Å². The molecule has 19 heavy (non-hydrogen) atoms. The van der Waals surface area contributed by atoms with E-state index in [1.54, 1.807) is 0 Å². The van der Waals surface area contributed by atoms with Crippen molar-refractivity contribution in [2.45, 2.75) is 18.6 Å². The van der Waals surface area contributed by atoms with Gasteiger partial charge in [-0.05, 0) is 28.8 Å². The number of hydrogen-bond donors (Lipinski definition) is 3. The highest BCUT2D eigenvalue weighted by atomic mass is 35.5. The minimum absolute atomic E-state index is 0.204. The van der Waals surface area contributed by atoms with E-state index in [1.165, 1.54) is 18.2 Å². The Kier molecular flexibility index (Phi) is 5.59. The van der Waals surface area contributed by atoms with Crippen LogP contribution in [0, 0.1) is 0 Å². The standard InChI is InChI=1S/C11H12ClN3O4/c12-7-2-1-6(3-10(17)18)8(4-7)11(19)9(16)5-14-15-13/h1-2,4,9,11,16,19H,3,5H2,(H,17,18).